The average Bonchev–Trinajstić information content (AvgIpc) is 2.93. The zero-order valence-corrected chi connectivity index (χ0v) is 16.0. The lowest BCUT2D eigenvalue weighted by molar-refractivity contribution is -0.142. The van der Waals surface area contributed by atoms with Gasteiger partial charge in [0.2, 0.25) is 6.10 Å². The topological polar surface area (TPSA) is 76.0 Å². The summed E-state index contributed by atoms with van der Waals surface area (Å²) in [6.45, 7) is 5.87. The van der Waals surface area contributed by atoms with E-state index >= 15 is 0 Å². The van der Waals surface area contributed by atoms with Crippen molar-refractivity contribution in [1.29, 1.82) is 0 Å². The lowest BCUT2D eigenvalue weighted by atomic mass is 10.0. The third-order valence-electron chi connectivity index (χ3n) is 4.48. The summed E-state index contributed by atoms with van der Waals surface area (Å²) >= 11 is 0. The second-order valence-corrected chi connectivity index (χ2v) is 9.04. The molecule has 25 heavy (non-hydrogen) atoms. The SMILES string of the molecule is CC(O/N=C/c1ccc(C(C)C)cc1)C(=O)N(C)C1CCS(=O)(=O)C1. The largest absolute Gasteiger partial charge is 0.383 e. The number of benzene rings is 1. The number of hydrogen-bond acceptors (Lipinski definition) is 5. The van der Waals surface area contributed by atoms with Crippen molar-refractivity contribution >= 4 is 22.0 Å². The predicted octanol–water partition coefficient (Wildman–Crippen LogP) is 2.19. The van der Waals surface area contributed by atoms with E-state index in [0.29, 0.717) is 12.3 Å². The molecule has 0 bridgehead atoms. The van der Waals surface area contributed by atoms with E-state index in [4.69, 9.17) is 4.84 Å². The first kappa shape index (κ1) is 19.4. The second kappa shape index (κ2) is 7.99. The maximum Gasteiger partial charge on any atom is 0.266 e. The Hall–Kier alpha value is -1.89. The van der Waals surface area contributed by atoms with E-state index in [0.717, 1.165) is 5.56 Å². The van der Waals surface area contributed by atoms with Crippen LogP contribution in [-0.2, 0) is 19.5 Å². The maximum absolute atomic E-state index is 12.3. The molecular formula is C18H26N2O4S. The fourth-order valence-electron chi connectivity index (χ4n) is 2.74. The number of amides is 1. The zero-order valence-electron chi connectivity index (χ0n) is 15.2. The van der Waals surface area contributed by atoms with Crippen LogP contribution in [0.25, 0.3) is 0 Å². The zero-order chi connectivity index (χ0) is 18.6. The summed E-state index contributed by atoms with van der Waals surface area (Å²) in [5, 5.41) is 3.88. The number of rotatable bonds is 6. The van der Waals surface area contributed by atoms with E-state index in [1.165, 1.54) is 10.5 Å². The first-order valence-corrected chi connectivity index (χ1v) is 10.3. The summed E-state index contributed by atoms with van der Waals surface area (Å²) in [6.07, 6.45) is 1.27. The summed E-state index contributed by atoms with van der Waals surface area (Å²) in [7, 11) is -1.41. The molecule has 2 unspecified atom stereocenters. The van der Waals surface area contributed by atoms with E-state index < -0.39 is 15.9 Å². The van der Waals surface area contributed by atoms with Crippen LogP contribution >= 0.6 is 0 Å². The van der Waals surface area contributed by atoms with Gasteiger partial charge in [0.1, 0.15) is 0 Å². The van der Waals surface area contributed by atoms with Crippen LogP contribution in [0.2, 0.25) is 0 Å². The van der Waals surface area contributed by atoms with Crippen molar-refractivity contribution in [3.05, 3.63) is 35.4 Å². The molecule has 1 amide bonds. The number of sulfone groups is 1. The van der Waals surface area contributed by atoms with Crippen molar-refractivity contribution in [3.63, 3.8) is 0 Å². The van der Waals surface area contributed by atoms with Gasteiger partial charge in [-0.1, -0.05) is 43.3 Å². The van der Waals surface area contributed by atoms with Gasteiger partial charge in [0.25, 0.3) is 5.91 Å². The molecule has 2 atom stereocenters. The van der Waals surface area contributed by atoms with Gasteiger partial charge in [0.05, 0.1) is 17.7 Å². The quantitative estimate of drug-likeness (QED) is 0.571. The maximum atomic E-state index is 12.3. The summed E-state index contributed by atoms with van der Waals surface area (Å²) in [4.78, 5) is 19.0. The molecule has 1 aliphatic rings. The van der Waals surface area contributed by atoms with Gasteiger partial charge in [0, 0.05) is 13.1 Å². The van der Waals surface area contributed by atoms with Crippen LogP contribution in [0, 0.1) is 0 Å². The summed E-state index contributed by atoms with van der Waals surface area (Å²) < 4.78 is 23.1. The molecule has 1 fully saturated rings. The molecule has 0 aromatic heterocycles. The number of oxime groups is 1. The highest BCUT2D eigenvalue weighted by Crippen LogP contribution is 2.18. The van der Waals surface area contributed by atoms with Crippen LogP contribution in [0.4, 0.5) is 0 Å². The Kier molecular flexibility index (Phi) is 6.21. The summed E-state index contributed by atoms with van der Waals surface area (Å²) in [5.41, 5.74) is 2.13. The van der Waals surface area contributed by atoms with Gasteiger partial charge in [-0.15, -0.1) is 0 Å². The fourth-order valence-corrected chi connectivity index (χ4v) is 4.52. The molecule has 6 nitrogen and oxygen atoms in total. The van der Waals surface area contributed by atoms with Crippen LogP contribution < -0.4 is 0 Å². The first-order chi connectivity index (χ1) is 11.7. The van der Waals surface area contributed by atoms with Gasteiger partial charge in [-0.3, -0.25) is 4.79 Å². The number of carbonyl (C=O) groups excluding carboxylic acids is 1. The van der Waals surface area contributed by atoms with Crippen molar-refractivity contribution in [2.45, 2.75) is 45.3 Å². The highest BCUT2D eigenvalue weighted by atomic mass is 32.2. The van der Waals surface area contributed by atoms with Gasteiger partial charge in [-0.25, -0.2) is 8.42 Å². The summed E-state index contributed by atoms with van der Waals surface area (Å²) in [6, 6.07) is 7.69. The monoisotopic (exact) mass is 366 g/mol. The molecular weight excluding hydrogens is 340 g/mol. The van der Waals surface area contributed by atoms with E-state index in [2.05, 4.69) is 19.0 Å². The third kappa shape index (κ3) is 5.29. The molecule has 0 spiro atoms. The molecule has 0 radical (unpaired) electrons. The minimum absolute atomic E-state index is 0.0213. The predicted molar refractivity (Wildman–Crippen MR) is 98.5 cm³/mol. The second-order valence-electron chi connectivity index (χ2n) is 6.81. The molecule has 7 heteroatoms. The minimum atomic E-state index is -3.03. The van der Waals surface area contributed by atoms with Crippen LogP contribution in [0.5, 0.6) is 0 Å². The van der Waals surface area contributed by atoms with Crippen molar-refractivity contribution in [2.75, 3.05) is 18.6 Å². The van der Waals surface area contributed by atoms with Crippen molar-refractivity contribution in [1.82, 2.24) is 4.90 Å². The normalized spacial score (nSPS) is 20.8. The molecule has 0 aliphatic carbocycles. The number of likely N-dealkylation sites (N-methyl/N-ethyl adjacent to an activating group) is 1. The lowest BCUT2D eigenvalue weighted by Gasteiger charge is -2.25. The van der Waals surface area contributed by atoms with Crippen LogP contribution in [0.1, 0.15) is 44.2 Å². The molecule has 1 aromatic rings. The molecule has 0 saturated carbocycles. The molecule has 1 aliphatic heterocycles. The van der Waals surface area contributed by atoms with Crippen LogP contribution in [0.15, 0.2) is 29.4 Å². The molecule has 1 heterocycles. The smallest absolute Gasteiger partial charge is 0.266 e. The number of nitrogens with zero attached hydrogens (tertiary/aromatic N) is 2. The number of hydrogen-bond donors (Lipinski definition) is 0. The van der Waals surface area contributed by atoms with Gasteiger partial charge in [-0.2, -0.15) is 0 Å². The van der Waals surface area contributed by atoms with Gasteiger partial charge in [-0.05, 0) is 30.4 Å². The molecule has 1 saturated heterocycles. The molecule has 1 aromatic carbocycles. The Morgan fingerprint density at radius 3 is 2.44 bits per heavy atom. The summed E-state index contributed by atoms with van der Waals surface area (Å²) in [5.74, 6) is 0.354. The van der Waals surface area contributed by atoms with E-state index in [-0.39, 0.29) is 23.5 Å². The Bertz CT molecular complexity index is 726. The number of carbonyl (C=O) groups is 1. The molecule has 138 valence electrons. The van der Waals surface area contributed by atoms with Gasteiger partial charge in [0.15, 0.2) is 9.84 Å². The molecule has 2 rings (SSSR count). The van der Waals surface area contributed by atoms with Crippen molar-refractivity contribution in [3.8, 4) is 0 Å². The van der Waals surface area contributed by atoms with E-state index in [1.54, 1.807) is 20.2 Å². The Morgan fingerprint density at radius 2 is 1.92 bits per heavy atom. The van der Waals surface area contributed by atoms with E-state index in [9.17, 15) is 13.2 Å². The minimum Gasteiger partial charge on any atom is -0.383 e. The van der Waals surface area contributed by atoms with E-state index in [1.807, 2.05) is 24.3 Å². The average molecular weight is 366 g/mol. The van der Waals surface area contributed by atoms with Crippen LogP contribution in [0.3, 0.4) is 0 Å². The Balaban J connectivity index is 1.88. The van der Waals surface area contributed by atoms with Crippen molar-refractivity contribution in [2.24, 2.45) is 5.16 Å². The Labute approximate surface area is 149 Å². The highest BCUT2D eigenvalue weighted by Gasteiger charge is 2.34. The van der Waals surface area contributed by atoms with Gasteiger partial charge < -0.3 is 9.74 Å². The van der Waals surface area contributed by atoms with Crippen LogP contribution in [-0.4, -0.2) is 56.1 Å². The standard InChI is InChI=1S/C18H26N2O4S/c1-13(2)16-7-5-15(6-8-16)11-19-24-14(3)18(21)20(4)17-9-10-25(22,23)12-17/h5-8,11,13-14,17H,9-10,12H2,1-4H3/b19-11+. The highest BCUT2D eigenvalue weighted by molar-refractivity contribution is 7.91. The Morgan fingerprint density at radius 1 is 1.28 bits per heavy atom. The lowest BCUT2D eigenvalue weighted by Crippen LogP contribution is -2.43. The van der Waals surface area contributed by atoms with Crippen molar-refractivity contribution < 1.29 is 18.0 Å². The van der Waals surface area contributed by atoms with Gasteiger partial charge >= 0.3 is 0 Å². The first-order valence-electron chi connectivity index (χ1n) is 8.46. The third-order valence-corrected chi connectivity index (χ3v) is 6.23. The molecule has 0 N–H and O–H groups in total. The fraction of sp³-hybridized carbons (Fsp3) is 0.556.